The molecule has 2 saturated heterocycles. The molecule has 4 atom stereocenters. The number of hydrogen-bond donors (Lipinski definition) is 1. The van der Waals surface area contributed by atoms with Crippen molar-refractivity contribution in [3.05, 3.63) is 70.8 Å². The Morgan fingerprint density at radius 3 is 2.23 bits per heavy atom. The van der Waals surface area contributed by atoms with Crippen LogP contribution < -0.4 is 0 Å². The van der Waals surface area contributed by atoms with Crippen LogP contribution in [0.3, 0.4) is 0 Å². The minimum atomic E-state index is -1.95. The molecule has 0 aromatic heterocycles. The number of nitriles is 3. The van der Waals surface area contributed by atoms with E-state index in [9.17, 15) is 15.8 Å². The molecule has 31 heavy (non-hydrogen) atoms. The topological polar surface area (TPSA) is 114 Å². The van der Waals surface area contributed by atoms with Gasteiger partial charge in [-0.25, -0.2) is 0 Å². The van der Waals surface area contributed by atoms with Gasteiger partial charge in [0.2, 0.25) is 17.1 Å². The lowest BCUT2D eigenvalue weighted by atomic mass is 9.52. The zero-order valence-electron chi connectivity index (χ0n) is 17.6. The summed E-state index contributed by atoms with van der Waals surface area (Å²) in [5.74, 6) is -2.54. The van der Waals surface area contributed by atoms with Crippen molar-refractivity contribution in [2.45, 2.75) is 39.1 Å². The van der Waals surface area contributed by atoms with Gasteiger partial charge in [-0.15, -0.1) is 0 Å². The van der Waals surface area contributed by atoms with Gasteiger partial charge in [0.1, 0.15) is 6.10 Å². The maximum absolute atomic E-state index is 10.4. The fraction of sp³-hybridized carbons (Fsp3) is 0.360. The molecular formula is C25H22N4O2. The Morgan fingerprint density at radius 2 is 1.68 bits per heavy atom. The van der Waals surface area contributed by atoms with Crippen LogP contribution in [0.5, 0.6) is 0 Å². The van der Waals surface area contributed by atoms with Crippen LogP contribution in [-0.4, -0.2) is 5.90 Å². The van der Waals surface area contributed by atoms with Crippen molar-refractivity contribution in [2.75, 3.05) is 0 Å². The van der Waals surface area contributed by atoms with E-state index < -0.39 is 28.6 Å². The maximum atomic E-state index is 10.4. The third-order valence-corrected chi connectivity index (χ3v) is 6.72. The predicted octanol–water partition coefficient (Wildman–Crippen LogP) is 4.80. The third-order valence-electron chi connectivity index (χ3n) is 6.72. The summed E-state index contributed by atoms with van der Waals surface area (Å²) in [6, 6.07) is 21.3. The van der Waals surface area contributed by atoms with Crippen LogP contribution in [0.4, 0.5) is 0 Å². The van der Waals surface area contributed by atoms with E-state index in [0.29, 0.717) is 17.5 Å². The molecule has 2 aliphatic heterocycles. The summed E-state index contributed by atoms with van der Waals surface area (Å²) in [6.45, 7) is 5.70. The van der Waals surface area contributed by atoms with Crippen LogP contribution in [0.15, 0.2) is 48.5 Å². The number of fused-ring (bicyclic) bond motifs is 2. The van der Waals surface area contributed by atoms with Crippen LogP contribution >= 0.6 is 0 Å². The standard InChI is InChI=1S/C25H22N4O2/c1-4-20-24(15-28)22(29)31-25(20,18-8-6-5-7-9-18)30-21(23(24,13-26)14-27)19-11-10-16(2)12-17(19)3/h5-12,20-21,29H,4H2,1-3H3. The summed E-state index contributed by atoms with van der Waals surface area (Å²) >= 11 is 0. The second-order valence-corrected chi connectivity index (χ2v) is 8.23. The highest BCUT2D eigenvalue weighted by atomic mass is 16.7. The van der Waals surface area contributed by atoms with Gasteiger partial charge in [-0.2, -0.15) is 15.8 Å². The molecule has 2 fully saturated rings. The summed E-state index contributed by atoms with van der Waals surface area (Å²) in [5.41, 5.74) is -0.556. The van der Waals surface area contributed by atoms with E-state index >= 15 is 0 Å². The Balaban J connectivity index is 2.09. The summed E-state index contributed by atoms with van der Waals surface area (Å²) in [7, 11) is 0. The number of nitrogens with zero attached hydrogens (tertiary/aromatic N) is 3. The monoisotopic (exact) mass is 410 g/mol. The van der Waals surface area contributed by atoms with E-state index in [2.05, 4.69) is 18.2 Å². The largest absolute Gasteiger partial charge is 0.443 e. The molecule has 154 valence electrons. The molecular weight excluding hydrogens is 388 g/mol. The lowest BCUT2D eigenvalue weighted by Gasteiger charge is -2.50. The van der Waals surface area contributed by atoms with Gasteiger partial charge in [-0.1, -0.05) is 61.0 Å². The first kappa shape index (κ1) is 20.6. The van der Waals surface area contributed by atoms with Crippen LogP contribution in [0.25, 0.3) is 0 Å². The smallest absolute Gasteiger partial charge is 0.244 e. The first-order valence-electron chi connectivity index (χ1n) is 10.2. The molecule has 4 rings (SSSR count). The van der Waals surface area contributed by atoms with E-state index in [-0.39, 0.29) is 5.90 Å². The number of aryl methyl sites for hydroxylation is 2. The highest BCUT2D eigenvalue weighted by Gasteiger charge is 2.80. The highest BCUT2D eigenvalue weighted by molar-refractivity contribution is 5.89. The Labute approximate surface area is 181 Å². The molecule has 2 heterocycles. The molecule has 2 aliphatic rings. The van der Waals surface area contributed by atoms with Gasteiger partial charge < -0.3 is 9.47 Å². The van der Waals surface area contributed by atoms with Gasteiger partial charge >= 0.3 is 0 Å². The molecule has 4 unspecified atom stereocenters. The first-order valence-corrected chi connectivity index (χ1v) is 10.2. The van der Waals surface area contributed by atoms with E-state index in [0.717, 1.165) is 11.1 Å². The summed E-state index contributed by atoms with van der Waals surface area (Å²) in [5, 5.41) is 39.9. The van der Waals surface area contributed by atoms with Crippen molar-refractivity contribution in [1.29, 1.82) is 21.2 Å². The van der Waals surface area contributed by atoms with E-state index in [1.807, 2.05) is 69.3 Å². The van der Waals surface area contributed by atoms with Crippen molar-refractivity contribution >= 4 is 5.90 Å². The molecule has 2 aromatic carbocycles. The summed E-state index contributed by atoms with van der Waals surface area (Å²) < 4.78 is 12.7. The Hall–Kier alpha value is -3.66. The number of ether oxygens (including phenoxy) is 2. The molecule has 0 spiro atoms. The van der Waals surface area contributed by atoms with Crippen molar-refractivity contribution < 1.29 is 9.47 Å². The van der Waals surface area contributed by atoms with Crippen LogP contribution in [0, 0.1) is 70.0 Å². The fourth-order valence-electron chi connectivity index (χ4n) is 5.30. The average molecular weight is 410 g/mol. The van der Waals surface area contributed by atoms with Crippen molar-refractivity contribution in [1.82, 2.24) is 0 Å². The molecule has 2 aromatic rings. The Kier molecular flexibility index (Phi) is 4.62. The Bertz CT molecular complexity index is 1170. The van der Waals surface area contributed by atoms with Crippen molar-refractivity contribution in [2.24, 2.45) is 16.7 Å². The number of benzene rings is 2. The zero-order chi connectivity index (χ0) is 22.4. The van der Waals surface area contributed by atoms with Gasteiger partial charge in [0, 0.05) is 5.56 Å². The van der Waals surface area contributed by atoms with Gasteiger partial charge in [0.05, 0.1) is 24.1 Å². The third kappa shape index (κ3) is 2.36. The normalized spacial score (nSPS) is 30.5. The van der Waals surface area contributed by atoms with Gasteiger partial charge in [-0.05, 0) is 31.4 Å². The predicted molar refractivity (Wildman–Crippen MR) is 112 cm³/mol. The highest BCUT2D eigenvalue weighted by Crippen LogP contribution is 2.70. The first-order chi connectivity index (χ1) is 14.9. The van der Waals surface area contributed by atoms with Crippen molar-refractivity contribution in [3.63, 3.8) is 0 Å². The molecule has 0 saturated carbocycles. The zero-order valence-corrected chi connectivity index (χ0v) is 17.6. The van der Waals surface area contributed by atoms with E-state index in [4.69, 9.17) is 14.9 Å². The molecule has 0 amide bonds. The van der Waals surface area contributed by atoms with Gasteiger partial charge in [-0.3, -0.25) is 5.41 Å². The lowest BCUT2D eigenvalue weighted by molar-refractivity contribution is -0.293. The van der Waals surface area contributed by atoms with Gasteiger partial charge in [0.15, 0.2) is 5.41 Å². The minimum Gasteiger partial charge on any atom is -0.443 e. The fourth-order valence-corrected chi connectivity index (χ4v) is 5.30. The van der Waals surface area contributed by atoms with E-state index in [1.165, 1.54) is 0 Å². The molecule has 1 N–H and O–H groups in total. The quantitative estimate of drug-likeness (QED) is 0.780. The maximum Gasteiger partial charge on any atom is 0.244 e. The molecule has 2 bridgehead atoms. The van der Waals surface area contributed by atoms with Gasteiger partial charge in [0.25, 0.3) is 0 Å². The van der Waals surface area contributed by atoms with Crippen LogP contribution in [0.2, 0.25) is 0 Å². The van der Waals surface area contributed by atoms with Crippen molar-refractivity contribution in [3.8, 4) is 18.2 Å². The minimum absolute atomic E-state index is 0.384. The molecule has 0 aliphatic carbocycles. The number of nitrogens with one attached hydrogen (secondary N) is 1. The summed E-state index contributed by atoms with van der Waals surface area (Å²) in [6.07, 6.45) is -0.691. The second-order valence-electron chi connectivity index (χ2n) is 8.23. The number of rotatable bonds is 3. The molecule has 6 heteroatoms. The molecule has 0 radical (unpaired) electrons. The lowest BCUT2D eigenvalue weighted by Crippen LogP contribution is -2.58. The SMILES string of the molecule is CCC1C2(c3ccccc3)OC(=N)C1(C#N)C(C#N)(C#N)C(c1ccc(C)cc1C)O2. The number of hydrogen-bond acceptors (Lipinski definition) is 6. The summed E-state index contributed by atoms with van der Waals surface area (Å²) in [4.78, 5) is 0. The average Bonchev–Trinajstić information content (AvgIpc) is 2.98. The van der Waals surface area contributed by atoms with Crippen LogP contribution in [-0.2, 0) is 15.3 Å². The van der Waals surface area contributed by atoms with Crippen LogP contribution in [0.1, 0.15) is 41.7 Å². The second kappa shape index (κ2) is 6.95. The molecule has 6 nitrogen and oxygen atoms in total. The van der Waals surface area contributed by atoms with E-state index in [1.54, 1.807) is 0 Å². The Morgan fingerprint density at radius 1 is 1.00 bits per heavy atom.